The van der Waals surface area contributed by atoms with Crippen LogP contribution in [0.3, 0.4) is 0 Å². The minimum Gasteiger partial charge on any atom is -0.508 e. The molecule has 0 unspecified atom stereocenters. The van der Waals surface area contributed by atoms with Gasteiger partial charge in [0.05, 0.1) is 5.56 Å². The first-order chi connectivity index (χ1) is 9.51. The summed E-state index contributed by atoms with van der Waals surface area (Å²) in [7, 11) is 1.54. The van der Waals surface area contributed by atoms with Gasteiger partial charge in [0.15, 0.2) is 0 Å². The molecule has 0 saturated carbocycles. The summed E-state index contributed by atoms with van der Waals surface area (Å²) in [6, 6.07) is 9.82. The lowest BCUT2D eigenvalue weighted by Crippen LogP contribution is -2.18. The maximum absolute atomic E-state index is 11.8. The van der Waals surface area contributed by atoms with Gasteiger partial charge in [-0.05, 0) is 36.4 Å². The molecule has 0 heterocycles. The molecule has 0 aliphatic carbocycles. The minimum absolute atomic E-state index is 0.0389. The van der Waals surface area contributed by atoms with Crippen LogP contribution in [0.1, 0.15) is 10.4 Å². The molecule has 0 atom stereocenters. The number of carbonyl (C=O) groups excluding carboxylic acids is 1. The second kappa shape index (κ2) is 6.07. The van der Waals surface area contributed by atoms with Crippen LogP contribution in [-0.2, 0) is 0 Å². The molecule has 0 saturated heterocycles. The summed E-state index contributed by atoms with van der Waals surface area (Å²) < 4.78 is 0. The molecule has 6 heteroatoms. The van der Waals surface area contributed by atoms with Crippen LogP contribution in [0.15, 0.2) is 46.2 Å². The maximum Gasteiger partial charge on any atom is 0.252 e. The number of anilines is 1. The predicted molar refractivity (Wildman–Crippen MR) is 81.5 cm³/mol. The smallest absolute Gasteiger partial charge is 0.252 e. The monoisotopic (exact) mass is 308 g/mol. The highest BCUT2D eigenvalue weighted by atomic mass is 35.5. The van der Waals surface area contributed by atoms with Gasteiger partial charge < -0.3 is 16.2 Å². The number of phenols is 1. The lowest BCUT2D eigenvalue weighted by molar-refractivity contribution is 0.0960. The first-order valence-corrected chi connectivity index (χ1v) is 6.98. The van der Waals surface area contributed by atoms with Gasteiger partial charge in [-0.25, -0.2) is 0 Å². The van der Waals surface area contributed by atoms with Gasteiger partial charge in [0.2, 0.25) is 0 Å². The van der Waals surface area contributed by atoms with E-state index in [0.717, 1.165) is 4.90 Å². The fourth-order valence-electron chi connectivity index (χ4n) is 1.65. The number of benzene rings is 2. The zero-order valence-electron chi connectivity index (χ0n) is 10.7. The highest BCUT2D eigenvalue weighted by molar-refractivity contribution is 7.99. The predicted octanol–water partition coefficient (Wildman–Crippen LogP) is 3.14. The number of hydrogen-bond acceptors (Lipinski definition) is 4. The van der Waals surface area contributed by atoms with Crippen molar-refractivity contribution in [3.63, 3.8) is 0 Å². The van der Waals surface area contributed by atoms with E-state index < -0.39 is 0 Å². The Morgan fingerprint density at radius 2 is 1.95 bits per heavy atom. The molecule has 0 radical (unpaired) electrons. The third kappa shape index (κ3) is 3.18. The fraction of sp³-hybridized carbons (Fsp3) is 0.0714. The highest BCUT2D eigenvalue weighted by Crippen LogP contribution is 2.36. The zero-order valence-corrected chi connectivity index (χ0v) is 12.3. The van der Waals surface area contributed by atoms with Gasteiger partial charge in [-0.15, -0.1) is 0 Å². The molecule has 0 aliphatic heterocycles. The number of nitrogen functional groups attached to an aromatic ring is 1. The summed E-state index contributed by atoms with van der Waals surface area (Å²) in [6.07, 6.45) is 0. The van der Waals surface area contributed by atoms with Crippen molar-refractivity contribution >= 4 is 35.0 Å². The average molecular weight is 309 g/mol. The van der Waals surface area contributed by atoms with Crippen LogP contribution in [-0.4, -0.2) is 18.1 Å². The molecule has 0 aromatic heterocycles. The van der Waals surface area contributed by atoms with E-state index in [1.165, 1.54) is 30.9 Å². The van der Waals surface area contributed by atoms with E-state index in [-0.39, 0.29) is 11.7 Å². The lowest BCUT2D eigenvalue weighted by atomic mass is 10.2. The number of nitrogens with one attached hydrogen (secondary N) is 1. The molecule has 0 aliphatic rings. The molecule has 2 rings (SSSR count). The summed E-state index contributed by atoms with van der Waals surface area (Å²) in [6.45, 7) is 0. The van der Waals surface area contributed by atoms with Crippen LogP contribution in [0.4, 0.5) is 5.69 Å². The van der Waals surface area contributed by atoms with E-state index >= 15 is 0 Å². The number of aromatic hydroxyl groups is 1. The van der Waals surface area contributed by atoms with Crippen LogP contribution >= 0.6 is 23.4 Å². The van der Waals surface area contributed by atoms with Crippen LogP contribution in [0.2, 0.25) is 5.02 Å². The third-order valence-corrected chi connectivity index (χ3v) is 4.03. The third-order valence-electron chi connectivity index (χ3n) is 2.63. The van der Waals surface area contributed by atoms with Gasteiger partial charge in [-0.2, -0.15) is 0 Å². The largest absolute Gasteiger partial charge is 0.508 e. The van der Waals surface area contributed by atoms with E-state index in [1.807, 2.05) is 0 Å². The fourth-order valence-corrected chi connectivity index (χ4v) is 2.78. The second-order valence-corrected chi connectivity index (χ2v) is 5.56. The average Bonchev–Trinajstić information content (AvgIpc) is 2.42. The van der Waals surface area contributed by atoms with Gasteiger partial charge in [0.25, 0.3) is 5.91 Å². The van der Waals surface area contributed by atoms with Gasteiger partial charge in [0.1, 0.15) is 5.75 Å². The van der Waals surface area contributed by atoms with E-state index in [1.54, 1.807) is 24.3 Å². The Balaban J connectivity index is 2.40. The molecule has 0 fully saturated rings. The molecule has 20 heavy (non-hydrogen) atoms. The van der Waals surface area contributed by atoms with Crippen LogP contribution in [0.5, 0.6) is 5.75 Å². The number of carbonyl (C=O) groups is 1. The number of amides is 1. The van der Waals surface area contributed by atoms with E-state index in [2.05, 4.69) is 5.32 Å². The zero-order chi connectivity index (χ0) is 14.7. The van der Waals surface area contributed by atoms with Gasteiger partial charge in [-0.1, -0.05) is 23.4 Å². The van der Waals surface area contributed by atoms with E-state index in [9.17, 15) is 9.90 Å². The maximum atomic E-state index is 11.8. The SMILES string of the molecule is CNC(=O)c1cc(O)ccc1Sc1ccc(Cl)cc1N. The molecule has 2 aromatic rings. The summed E-state index contributed by atoms with van der Waals surface area (Å²) in [5.74, 6) is -0.229. The molecule has 104 valence electrons. The number of phenolic OH excluding ortho intramolecular Hbond substituents is 1. The summed E-state index contributed by atoms with van der Waals surface area (Å²) in [5.41, 5.74) is 6.84. The van der Waals surface area contributed by atoms with Crippen molar-refractivity contribution < 1.29 is 9.90 Å². The van der Waals surface area contributed by atoms with E-state index in [4.69, 9.17) is 17.3 Å². The Hall–Kier alpha value is -1.85. The van der Waals surface area contributed by atoms with Crippen molar-refractivity contribution in [2.24, 2.45) is 0 Å². The molecule has 2 aromatic carbocycles. The topological polar surface area (TPSA) is 75.3 Å². The van der Waals surface area contributed by atoms with Crippen LogP contribution in [0.25, 0.3) is 0 Å². The van der Waals surface area contributed by atoms with Crippen molar-refractivity contribution in [1.29, 1.82) is 0 Å². The summed E-state index contributed by atoms with van der Waals surface area (Å²) >= 11 is 7.20. The standard InChI is InChI=1S/C14H13ClN2O2S/c1-17-14(19)10-7-9(18)3-5-12(10)20-13-4-2-8(15)6-11(13)16/h2-7,18H,16H2,1H3,(H,17,19). The molecule has 0 spiro atoms. The molecule has 4 nitrogen and oxygen atoms in total. The molecular formula is C14H13ClN2O2S. The van der Waals surface area contributed by atoms with Crippen LogP contribution in [0, 0.1) is 0 Å². The molecular weight excluding hydrogens is 296 g/mol. The summed E-state index contributed by atoms with van der Waals surface area (Å²) in [5, 5.41) is 12.6. The van der Waals surface area contributed by atoms with Gasteiger partial charge >= 0.3 is 0 Å². The number of rotatable bonds is 3. The first kappa shape index (κ1) is 14.6. The number of halogens is 1. The Morgan fingerprint density at radius 1 is 1.25 bits per heavy atom. The quantitative estimate of drug-likeness (QED) is 0.761. The van der Waals surface area contributed by atoms with E-state index in [0.29, 0.717) is 21.2 Å². The summed E-state index contributed by atoms with van der Waals surface area (Å²) in [4.78, 5) is 13.3. The van der Waals surface area contributed by atoms with Gasteiger partial charge in [-0.3, -0.25) is 4.79 Å². The first-order valence-electron chi connectivity index (χ1n) is 5.79. The Morgan fingerprint density at radius 3 is 2.60 bits per heavy atom. The van der Waals surface area contributed by atoms with Crippen molar-refractivity contribution in [1.82, 2.24) is 5.32 Å². The van der Waals surface area contributed by atoms with Gasteiger partial charge in [0, 0.05) is 27.5 Å². The van der Waals surface area contributed by atoms with Crippen molar-refractivity contribution in [2.75, 3.05) is 12.8 Å². The normalized spacial score (nSPS) is 10.3. The second-order valence-electron chi connectivity index (χ2n) is 4.04. The van der Waals surface area contributed by atoms with Crippen LogP contribution < -0.4 is 11.1 Å². The number of nitrogens with two attached hydrogens (primary N) is 1. The van der Waals surface area contributed by atoms with Crippen molar-refractivity contribution in [3.8, 4) is 5.75 Å². The Labute approximate surface area is 125 Å². The molecule has 1 amide bonds. The minimum atomic E-state index is -0.268. The molecule has 4 N–H and O–H groups in total. The Kier molecular flexibility index (Phi) is 4.42. The van der Waals surface area contributed by atoms with Crippen molar-refractivity contribution in [2.45, 2.75) is 9.79 Å². The number of hydrogen-bond donors (Lipinski definition) is 3. The molecule has 0 bridgehead atoms. The Bertz CT molecular complexity index is 662. The highest BCUT2D eigenvalue weighted by Gasteiger charge is 2.13. The lowest BCUT2D eigenvalue weighted by Gasteiger charge is -2.10. The van der Waals surface area contributed by atoms with Crippen molar-refractivity contribution in [3.05, 3.63) is 47.0 Å².